The smallest absolute Gasteiger partial charge is 0.333 e. The Morgan fingerprint density at radius 1 is 1.21 bits per heavy atom. The Hall–Kier alpha value is -1.43. The number of aliphatic hydroxyl groups excluding tert-OH is 1. The maximum absolute atomic E-state index is 11.7. The van der Waals surface area contributed by atoms with Gasteiger partial charge in [0.05, 0.1) is 6.42 Å². The molecule has 1 saturated carbocycles. The van der Waals surface area contributed by atoms with E-state index in [1.165, 1.54) is 6.92 Å². The number of aliphatic hydroxyl groups is 1. The highest BCUT2D eigenvalue weighted by Crippen LogP contribution is 2.35. The standard InChI is InChI=1S/C13H20O6/c1-9(14)8-13(5-3-2-4-6-13)19-11(16)7-10(15)12(17)18/h10,15H,2-8H2,1H3,(H,17,18). The van der Waals surface area contributed by atoms with E-state index in [0.717, 1.165) is 19.3 Å². The zero-order valence-electron chi connectivity index (χ0n) is 11.1. The summed E-state index contributed by atoms with van der Waals surface area (Å²) in [5.74, 6) is -2.28. The van der Waals surface area contributed by atoms with E-state index in [9.17, 15) is 14.4 Å². The van der Waals surface area contributed by atoms with Crippen LogP contribution in [0.3, 0.4) is 0 Å². The van der Waals surface area contributed by atoms with Crippen molar-refractivity contribution in [2.75, 3.05) is 0 Å². The first-order valence-corrected chi connectivity index (χ1v) is 6.47. The number of carboxylic acids is 1. The van der Waals surface area contributed by atoms with Gasteiger partial charge in [-0.15, -0.1) is 0 Å². The zero-order valence-corrected chi connectivity index (χ0v) is 11.1. The number of hydrogen-bond donors (Lipinski definition) is 2. The summed E-state index contributed by atoms with van der Waals surface area (Å²) in [7, 11) is 0. The Balaban J connectivity index is 2.64. The molecule has 1 atom stereocenters. The highest BCUT2D eigenvalue weighted by Gasteiger charge is 2.37. The number of ketones is 1. The maximum atomic E-state index is 11.7. The molecule has 0 aromatic rings. The van der Waals surface area contributed by atoms with E-state index in [1.54, 1.807) is 0 Å². The average Bonchev–Trinajstić information content (AvgIpc) is 2.28. The molecule has 6 heteroatoms. The van der Waals surface area contributed by atoms with Crippen molar-refractivity contribution in [1.29, 1.82) is 0 Å². The summed E-state index contributed by atoms with van der Waals surface area (Å²) in [6, 6.07) is 0. The summed E-state index contributed by atoms with van der Waals surface area (Å²) < 4.78 is 5.33. The molecule has 108 valence electrons. The van der Waals surface area contributed by atoms with Gasteiger partial charge in [0.25, 0.3) is 0 Å². The fourth-order valence-corrected chi connectivity index (χ4v) is 2.49. The Bertz CT molecular complexity index is 356. The van der Waals surface area contributed by atoms with Crippen molar-refractivity contribution in [2.24, 2.45) is 0 Å². The molecule has 0 aromatic heterocycles. The van der Waals surface area contributed by atoms with E-state index in [2.05, 4.69) is 0 Å². The minimum Gasteiger partial charge on any atom is -0.479 e. The fraction of sp³-hybridized carbons (Fsp3) is 0.769. The van der Waals surface area contributed by atoms with Crippen LogP contribution in [0.5, 0.6) is 0 Å². The minimum absolute atomic E-state index is 0.0616. The van der Waals surface area contributed by atoms with Crippen molar-refractivity contribution in [3.8, 4) is 0 Å². The van der Waals surface area contributed by atoms with Gasteiger partial charge in [-0.2, -0.15) is 0 Å². The van der Waals surface area contributed by atoms with Gasteiger partial charge >= 0.3 is 11.9 Å². The number of carbonyl (C=O) groups is 3. The molecule has 0 amide bonds. The number of Topliss-reactive ketones (excluding diaryl/α,β-unsaturated/α-hetero) is 1. The summed E-state index contributed by atoms with van der Waals surface area (Å²) in [5.41, 5.74) is -0.806. The molecular weight excluding hydrogens is 252 g/mol. The van der Waals surface area contributed by atoms with Gasteiger partial charge in [-0.1, -0.05) is 6.42 Å². The van der Waals surface area contributed by atoms with Crippen LogP contribution in [-0.2, 0) is 19.1 Å². The predicted molar refractivity (Wildman–Crippen MR) is 65.5 cm³/mol. The third kappa shape index (κ3) is 4.98. The Kier molecular flexibility index (Phi) is 5.47. The first-order chi connectivity index (χ1) is 8.84. The van der Waals surface area contributed by atoms with E-state index in [1.807, 2.05) is 0 Å². The molecule has 0 heterocycles. The van der Waals surface area contributed by atoms with Crippen molar-refractivity contribution < 1.29 is 29.3 Å². The number of carbonyl (C=O) groups excluding carboxylic acids is 2. The lowest BCUT2D eigenvalue weighted by atomic mass is 9.81. The lowest BCUT2D eigenvalue weighted by Crippen LogP contribution is -2.40. The van der Waals surface area contributed by atoms with Crippen LogP contribution < -0.4 is 0 Å². The van der Waals surface area contributed by atoms with Crippen LogP contribution in [0.15, 0.2) is 0 Å². The second-order valence-electron chi connectivity index (χ2n) is 5.15. The van der Waals surface area contributed by atoms with Gasteiger partial charge in [-0.3, -0.25) is 9.59 Å². The monoisotopic (exact) mass is 272 g/mol. The van der Waals surface area contributed by atoms with E-state index < -0.39 is 30.1 Å². The largest absolute Gasteiger partial charge is 0.479 e. The summed E-state index contributed by atoms with van der Waals surface area (Å²) in [5, 5.41) is 17.7. The molecule has 1 rings (SSSR count). The molecule has 2 N–H and O–H groups in total. The molecule has 0 aromatic carbocycles. The van der Waals surface area contributed by atoms with E-state index in [-0.39, 0.29) is 12.2 Å². The third-order valence-electron chi connectivity index (χ3n) is 3.31. The first kappa shape index (κ1) is 15.6. The molecule has 1 aliphatic carbocycles. The van der Waals surface area contributed by atoms with Gasteiger partial charge in [0.2, 0.25) is 0 Å². The first-order valence-electron chi connectivity index (χ1n) is 6.47. The van der Waals surface area contributed by atoms with E-state index in [4.69, 9.17) is 14.9 Å². The molecule has 0 bridgehead atoms. The molecule has 1 unspecified atom stereocenters. The summed E-state index contributed by atoms with van der Waals surface area (Å²) in [6.07, 6.45) is 1.82. The summed E-state index contributed by atoms with van der Waals surface area (Å²) >= 11 is 0. The van der Waals surface area contributed by atoms with Crippen LogP contribution >= 0.6 is 0 Å². The topological polar surface area (TPSA) is 101 Å². The summed E-state index contributed by atoms with van der Waals surface area (Å²) in [6.45, 7) is 1.44. The lowest BCUT2D eigenvalue weighted by Gasteiger charge is -2.36. The number of hydrogen-bond acceptors (Lipinski definition) is 5. The second kappa shape index (κ2) is 6.65. The number of rotatable bonds is 6. The van der Waals surface area contributed by atoms with Gasteiger partial charge < -0.3 is 14.9 Å². The number of carboxylic acid groups (broad SMARTS) is 1. The Morgan fingerprint density at radius 3 is 2.26 bits per heavy atom. The van der Waals surface area contributed by atoms with Crippen molar-refractivity contribution >= 4 is 17.7 Å². The third-order valence-corrected chi connectivity index (χ3v) is 3.31. The molecule has 1 fully saturated rings. The van der Waals surface area contributed by atoms with Crippen LogP contribution in [0.1, 0.15) is 51.9 Å². The fourth-order valence-electron chi connectivity index (χ4n) is 2.49. The van der Waals surface area contributed by atoms with Crippen LogP contribution in [0, 0.1) is 0 Å². The maximum Gasteiger partial charge on any atom is 0.333 e. The van der Waals surface area contributed by atoms with Gasteiger partial charge in [-0.05, 0) is 32.6 Å². The van der Waals surface area contributed by atoms with Crippen molar-refractivity contribution in [2.45, 2.75) is 63.6 Å². The second-order valence-corrected chi connectivity index (χ2v) is 5.15. The predicted octanol–water partition coefficient (Wildman–Crippen LogP) is 1.05. The van der Waals surface area contributed by atoms with Crippen LogP contribution in [0.25, 0.3) is 0 Å². The summed E-state index contributed by atoms with van der Waals surface area (Å²) in [4.78, 5) is 33.4. The van der Waals surface area contributed by atoms with Gasteiger partial charge in [0.1, 0.15) is 11.4 Å². The van der Waals surface area contributed by atoms with Gasteiger partial charge in [0.15, 0.2) is 6.10 Å². The number of esters is 1. The molecule has 19 heavy (non-hydrogen) atoms. The number of aliphatic carboxylic acids is 1. The molecule has 6 nitrogen and oxygen atoms in total. The molecule has 0 spiro atoms. The normalized spacial score (nSPS) is 19.5. The SMILES string of the molecule is CC(=O)CC1(OC(=O)CC(O)C(=O)O)CCCCC1. The highest BCUT2D eigenvalue weighted by atomic mass is 16.6. The average molecular weight is 272 g/mol. The van der Waals surface area contributed by atoms with Crippen LogP contribution in [0.2, 0.25) is 0 Å². The van der Waals surface area contributed by atoms with Gasteiger partial charge in [0, 0.05) is 6.42 Å². The van der Waals surface area contributed by atoms with Crippen molar-refractivity contribution in [1.82, 2.24) is 0 Å². The quantitative estimate of drug-likeness (QED) is 0.701. The zero-order chi connectivity index (χ0) is 14.5. The Morgan fingerprint density at radius 2 is 1.79 bits per heavy atom. The van der Waals surface area contributed by atoms with E-state index >= 15 is 0 Å². The van der Waals surface area contributed by atoms with Crippen molar-refractivity contribution in [3.05, 3.63) is 0 Å². The number of ether oxygens (including phenoxy) is 1. The molecule has 0 saturated heterocycles. The van der Waals surface area contributed by atoms with E-state index in [0.29, 0.717) is 12.8 Å². The Labute approximate surface area is 111 Å². The van der Waals surface area contributed by atoms with Crippen LogP contribution in [-0.4, -0.2) is 39.6 Å². The molecular formula is C13H20O6. The molecule has 1 aliphatic rings. The van der Waals surface area contributed by atoms with Crippen LogP contribution in [0.4, 0.5) is 0 Å². The minimum atomic E-state index is -1.76. The van der Waals surface area contributed by atoms with Gasteiger partial charge in [-0.25, -0.2) is 4.79 Å². The highest BCUT2D eigenvalue weighted by molar-refractivity contribution is 5.81. The molecule has 0 radical (unpaired) electrons. The lowest BCUT2D eigenvalue weighted by molar-refractivity contribution is -0.170. The molecule has 0 aliphatic heterocycles. The van der Waals surface area contributed by atoms with Crippen molar-refractivity contribution in [3.63, 3.8) is 0 Å².